The molecule has 1 unspecified atom stereocenters. The summed E-state index contributed by atoms with van der Waals surface area (Å²) in [5.74, 6) is 0.607. The fourth-order valence-electron chi connectivity index (χ4n) is 1.91. The van der Waals surface area contributed by atoms with Gasteiger partial charge in [0.25, 0.3) is 5.91 Å². The first kappa shape index (κ1) is 14.4. The minimum Gasteiger partial charge on any atom is -0.497 e. The second-order valence-electron chi connectivity index (χ2n) is 4.34. The van der Waals surface area contributed by atoms with Gasteiger partial charge in [0.15, 0.2) is 0 Å². The number of methoxy groups -OCH3 is 1. The van der Waals surface area contributed by atoms with E-state index in [4.69, 9.17) is 10.5 Å². The Morgan fingerprint density at radius 1 is 1.39 bits per heavy atom. The van der Waals surface area contributed by atoms with Crippen LogP contribution in [0.4, 0.5) is 5.69 Å². The first-order valence-corrected chi connectivity index (χ1v) is 6.29. The quantitative estimate of drug-likeness (QED) is 0.817. The Morgan fingerprint density at radius 3 is 2.56 bits per heavy atom. The molecule has 0 aromatic heterocycles. The molecule has 1 aromatic rings. The Hall–Kier alpha value is -1.71. The number of anilines is 1. The van der Waals surface area contributed by atoms with Gasteiger partial charge in [0, 0.05) is 29.9 Å². The predicted octanol–water partition coefficient (Wildman–Crippen LogP) is 2.54. The van der Waals surface area contributed by atoms with Crippen molar-refractivity contribution in [3.8, 4) is 5.75 Å². The van der Waals surface area contributed by atoms with Crippen molar-refractivity contribution in [3.05, 3.63) is 23.8 Å². The van der Waals surface area contributed by atoms with E-state index in [1.807, 2.05) is 18.7 Å². The molecule has 0 spiro atoms. The van der Waals surface area contributed by atoms with Gasteiger partial charge in [-0.1, -0.05) is 6.92 Å². The van der Waals surface area contributed by atoms with Crippen molar-refractivity contribution in [3.63, 3.8) is 0 Å². The Kier molecular flexibility index (Phi) is 5.01. The lowest BCUT2D eigenvalue weighted by molar-refractivity contribution is 0.0699. The van der Waals surface area contributed by atoms with Crippen molar-refractivity contribution in [2.24, 2.45) is 0 Å². The molecular formula is C14H22N2O2. The van der Waals surface area contributed by atoms with Gasteiger partial charge in [-0.05, 0) is 32.4 Å². The molecule has 4 nitrogen and oxygen atoms in total. The van der Waals surface area contributed by atoms with Crippen molar-refractivity contribution in [2.45, 2.75) is 33.2 Å². The molecule has 0 heterocycles. The molecule has 0 saturated carbocycles. The van der Waals surface area contributed by atoms with Crippen molar-refractivity contribution in [2.75, 3.05) is 19.4 Å². The summed E-state index contributed by atoms with van der Waals surface area (Å²) in [5.41, 5.74) is 6.89. The molecule has 18 heavy (non-hydrogen) atoms. The number of benzene rings is 1. The van der Waals surface area contributed by atoms with Gasteiger partial charge in [-0.3, -0.25) is 4.79 Å². The van der Waals surface area contributed by atoms with Crippen LogP contribution in [-0.4, -0.2) is 30.5 Å². The third kappa shape index (κ3) is 3.15. The maximum absolute atomic E-state index is 12.4. The first-order chi connectivity index (χ1) is 8.53. The van der Waals surface area contributed by atoms with E-state index in [-0.39, 0.29) is 11.9 Å². The number of nitrogen functional groups attached to an aromatic ring is 1. The summed E-state index contributed by atoms with van der Waals surface area (Å²) in [5, 5.41) is 0. The zero-order valence-electron chi connectivity index (χ0n) is 11.6. The van der Waals surface area contributed by atoms with Gasteiger partial charge in [0.2, 0.25) is 0 Å². The zero-order valence-corrected chi connectivity index (χ0v) is 11.6. The third-order valence-corrected chi connectivity index (χ3v) is 3.14. The van der Waals surface area contributed by atoms with Crippen LogP contribution in [0.5, 0.6) is 5.75 Å². The first-order valence-electron chi connectivity index (χ1n) is 6.29. The number of carbonyl (C=O) groups excluding carboxylic acids is 1. The molecule has 0 aliphatic heterocycles. The van der Waals surface area contributed by atoms with E-state index >= 15 is 0 Å². The lowest BCUT2D eigenvalue weighted by Gasteiger charge is -2.27. The molecule has 0 radical (unpaired) electrons. The lowest BCUT2D eigenvalue weighted by atomic mass is 10.1. The minimum atomic E-state index is -0.00236. The highest BCUT2D eigenvalue weighted by molar-refractivity contribution is 5.95. The van der Waals surface area contributed by atoms with Crippen molar-refractivity contribution in [1.29, 1.82) is 0 Å². The summed E-state index contributed by atoms with van der Waals surface area (Å²) in [4.78, 5) is 14.3. The number of carbonyl (C=O) groups is 1. The maximum Gasteiger partial charge on any atom is 0.254 e. The molecule has 0 bridgehead atoms. The number of nitrogens with two attached hydrogens (primary N) is 1. The average molecular weight is 250 g/mol. The molecule has 2 N–H and O–H groups in total. The van der Waals surface area contributed by atoms with Gasteiger partial charge in [0.1, 0.15) is 5.75 Å². The van der Waals surface area contributed by atoms with Gasteiger partial charge < -0.3 is 15.4 Å². The van der Waals surface area contributed by atoms with Crippen LogP contribution in [0.1, 0.15) is 37.6 Å². The molecule has 1 rings (SSSR count). The van der Waals surface area contributed by atoms with Gasteiger partial charge in [-0.2, -0.15) is 0 Å². The molecular weight excluding hydrogens is 228 g/mol. The molecule has 1 aromatic carbocycles. The number of ether oxygens (including phenoxy) is 1. The lowest BCUT2D eigenvalue weighted by Crippen LogP contribution is -2.38. The highest BCUT2D eigenvalue weighted by atomic mass is 16.5. The molecule has 0 saturated heterocycles. The van der Waals surface area contributed by atoms with E-state index in [9.17, 15) is 4.79 Å². The van der Waals surface area contributed by atoms with Crippen LogP contribution in [0.15, 0.2) is 18.2 Å². The normalized spacial score (nSPS) is 12.0. The van der Waals surface area contributed by atoms with Crippen LogP contribution < -0.4 is 10.5 Å². The molecule has 0 aliphatic carbocycles. The molecule has 0 aliphatic rings. The van der Waals surface area contributed by atoms with Gasteiger partial charge >= 0.3 is 0 Å². The van der Waals surface area contributed by atoms with E-state index in [0.717, 1.165) is 6.42 Å². The summed E-state index contributed by atoms with van der Waals surface area (Å²) < 4.78 is 5.14. The number of amides is 1. The van der Waals surface area contributed by atoms with Crippen LogP contribution in [0.3, 0.4) is 0 Å². The second-order valence-corrected chi connectivity index (χ2v) is 4.34. The zero-order chi connectivity index (χ0) is 13.7. The van der Waals surface area contributed by atoms with E-state index in [0.29, 0.717) is 23.5 Å². The predicted molar refractivity (Wildman–Crippen MR) is 73.9 cm³/mol. The number of hydrogen-bond acceptors (Lipinski definition) is 3. The molecule has 1 amide bonds. The number of hydrogen-bond donors (Lipinski definition) is 1. The van der Waals surface area contributed by atoms with Crippen molar-refractivity contribution >= 4 is 11.6 Å². The van der Waals surface area contributed by atoms with Crippen LogP contribution in [0.2, 0.25) is 0 Å². The molecule has 1 atom stereocenters. The second kappa shape index (κ2) is 6.28. The Labute approximate surface area is 109 Å². The maximum atomic E-state index is 12.4. The largest absolute Gasteiger partial charge is 0.497 e. The average Bonchev–Trinajstić information content (AvgIpc) is 2.38. The number of nitrogens with zero attached hydrogens (tertiary/aromatic N) is 1. The molecule has 4 heteroatoms. The van der Waals surface area contributed by atoms with Crippen LogP contribution in [0.25, 0.3) is 0 Å². The topological polar surface area (TPSA) is 55.6 Å². The smallest absolute Gasteiger partial charge is 0.254 e. The summed E-state index contributed by atoms with van der Waals surface area (Å²) in [6.07, 6.45) is 0.930. The Bertz CT molecular complexity index is 418. The third-order valence-electron chi connectivity index (χ3n) is 3.14. The van der Waals surface area contributed by atoms with Crippen LogP contribution in [0, 0.1) is 0 Å². The molecule has 100 valence electrons. The fourth-order valence-corrected chi connectivity index (χ4v) is 1.91. The van der Waals surface area contributed by atoms with Crippen LogP contribution >= 0.6 is 0 Å². The van der Waals surface area contributed by atoms with Crippen LogP contribution in [-0.2, 0) is 0 Å². The van der Waals surface area contributed by atoms with Gasteiger partial charge in [0.05, 0.1) is 7.11 Å². The van der Waals surface area contributed by atoms with Crippen molar-refractivity contribution < 1.29 is 9.53 Å². The summed E-state index contributed by atoms with van der Waals surface area (Å²) in [6.45, 7) is 6.78. The molecule has 0 fully saturated rings. The van der Waals surface area contributed by atoms with E-state index in [1.54, 1.807) is 25.3 Å². The number of rotatable bonds is 5. The highest BCUT2D eigenvalue weighted by Crippen LogP contribution is 2.20. The van der Waals surface area contributed by atoms with E-state index in [1.165, 1.54) is 0 Å². The Balaban J connectivity index is 3.05. The SMILES string of the molecule is CCC(C)N(CC)C(=O)c1cc(N)cc(OC)c1. The van der Waals surface area contributed by atoms with E-state index < -0.39 is 0 Å². The fraction of sp³-hybridized carbons (Fsp3) is 0.500. The summed E-state index contributed by atoms with van der Waals surface area (Å²) >= 11 is 0. The summed E-state index contributed by atoms with van der Waals surface area (Å²) in [6, 6.07) is 5.34. The monoisotopic (exact) mass is 250 g/mol. The Morgan fingerprint density at radius 2 is 2.06 bits per heavy atom. The van der Waals surface area contributed by atoms with Crippen molar-refractivity contribution in [1.82, 2.24) is 4.90 Å². The highest BCUT2D eigenvalue weighted by Gasteiger charge is 2.19. The summed E-state index contributed by atoms with van der Waals surface area (Å²) in [7, 11) is 1.56. The standard InChI is InChI=1S/C14H22N2O2/c1-5-10(3)16(6-2)14(17)11-7-12(15)9-13(8-11)18-4/h7-10H,5-6,15H2,1-4H3. The van der Waals surface area contributed by atoms with Gasteiger partial charge in [-0.25, -0.2) is 0 Å². The van der Waals surface area contributed by atoms with E-state index in [2.05, 4.69) is 6.92 Å². The van der Waals surface area contributed by atoms with Gasteiger partial charge in [-0.15, -0.1) is 0 Å². The minimum absolute atomic E-state index is 0.00236.